The van der Waals surface area contributed by atoms with E-state index in [0.717, 1.165) is 12.0 Å². The van der Waals surface area contributed by atoms with Crippen LogP contribution in [0.25, 0.3) is 0 Å². The van der Waals surface area contributed by atoms with Crippen LogP contribution in [0.4, 0.5) is 10.5 Å². The Labute approximate surface area is 118 Å². The molecular formula is C16H18N2O2. The summed E-state index contributed by atoms with van der Waals surface area (Å²) in [6.45, 7) is 2.44. The summed E-state index contributed by atoms with van der Waals surface area (Å²) in [4.78, 5) is 11.7. The predicted molar refractivity (Wildman–Crippen MR) is 80.0 cm³/mol. The van der Waals surface area contributed by atoms with E-state index in [9.17, 15) is 9.90 Å². The number of carbonyl (C=O) groups excluding carboxylic acids is 1. The van der Waals surface area contributed by atoms with Gasteiger partial charge in [0.2, 0.25) is 0 Å². The minimum absolute atomic E-state index is 0.0637. The van der Waals surface area contributed by atoms with Gasteiger partial charge in [-0.25, -0.2) is 4.79 Å². The number of rotatable bonds is 4. The molecule has 2 aromatic rings. The zero-order valence-electron chi connectivity index (χ0n) is 11.4. The highest BCUT2D eigenvalue weighted by molar-refractivity contribution is 5.90. The molecule has 0 aliphatic rings. The summed E-state index contributed by atoms with van der Waals surface area (Å²) in [7, 11) is 0. The predicted octanol–water partition coefficient (Wildman–Crippen LogP) is 3.06. The summed E-state index contributed by atoms with van der Waals surface area (Å²) in [6.07, 6.45) is 0.772. The third kappa shape index (κ3) is 4.02. The second-order valence-electron chi connectivity index (χ2n) is 4.64. The third-order valence-electron chi connectivity index (χ3n) is 2.94. The highest BCUT2D eigenvalue weighted by Gasteiger charge is 2.05. The molecule has 0 aliphatic carbocycles. The lowest BCUT2D eigenvalue weighted by Crippen LogP contribution is -2.30. The highest BCUT2D eigenvalue weighted by atomic mass is 16.3. The van der Waals surface area contributed by atoms with Gasteiger partial charge in [0.25, 0.3) is 0 Å². The largest absolute Gasteiger partial charge is 0.506 e. The van der Waals surface area contributed by atoms with Gasteiger partial charge in [-0.05, 0) is 36.6 Å². The van der Waals surface area contributed by atoms with Gasteiger partial charge in [-0.3, -0.25) is 0 Å². The first-order chi connectivity index (χ1) is 9.65. The maximum atomic E-state index is 11.7. The molecule has 2 rings (SSSR count). The standard InChI is InChI=1S/C16H18N2O2/c1-12-7-8-15(19)14(11-12)18-16(20)17-10-9-13-5-3-2-4-6-13/h2-8,11,19H,9-10H2,1H3,(H2,17,18,20). The van der Waals surface area contributed by atoms with E-state index >= 15 is 0 Å². The fourth-order valence-electron chi connectivity index (χ4n) is 1.88. The van der Waals surface area contributed by atoms with Gasteiger partial charge in [-0.2, -0.15) is 0 Å². The Morgan fingerprint density at radius 3 is 2.65 bits per heavy atom. The highest BCUT2D eigenvalue weighted by Crippen LogP contribution is 2.23. The van der Waals surface area contributed by atoms with Crippen molar-refractivity contribution in [1.29, 1.82) is 0 Å². The van der Waals surface area contributed by atoms with Gasteiger partial charge in [0, 0.05) is 6.54 Å². The van der Waals surface area contributed by atoms with Gasteiger partial charge >= 0.3 is 6.03 Å². The Morgan fingerprint density at radius 2 is 1.90 bits per heavy atom. The molecule has 104 valence electrons. The van der Waals surface area contributed by atoms with Crippen molar-refractivity contribution in [2.75, 3.05) is 11.9 Å². The Morgan fingerprint density at radius 1 is 1.15 bits per heavy atom. The molecule has 0 spiro atoms. The molecule has 4 nitrogen and oxygen atoms in total. The smallest absolute Gasteiger partial charge is 0.319 e. The number of hydrogen-bond donors (Lipinski definition) is 3. The topological polar surface area (TPSA) is 61.4 Å². The van der Waals surface area contributed by atoms with Gasteiger partial charge < -0.3 is 15.7 Å². The van der Waals surface area contributed by atoms with E-state index in [1.165, 1.54) is 5.56 Å². The minimum Gasteiger partial charge on any atom is -0.506 e. The number of aromatic hydroxyl groups is 1. The molecule has 0 saturated carbocycles. The number of benzene rings is 2. The number of phenols is 1. The molecule has 4 heteroatoms. The number of anilines is 1. The first kappa shape index (κ1) is 13.9. The molecule has 0 saturated heterocycles. The lowest BCUT2D eigenvalue weighted by atomic mass is 10.1. The molecule has 20 heavy (non-hydrogen) atoms. The van der Waals surface area contributed by atoms with E-state index in [1.807, 2.05) is 37.3 Å². The van der Waals surface area contributed by atoms with Crippen LogP contribution < -0.4 is 10.6 Å². The van der Waals surface area contributed by atoms with Crippen molar-refractivity contribution in [2.24, 2.45) is 0 Å². The Hall–Kier alpha value is -2.49. The summed E-state index contributed by atoms with van der Waals surface area (Å²) < 4.78 is 0. The van der Waals surface area contributed by atoms with E-state index in [1.54, 1.807) is 18.2 Å². The molecule has 0 fully saturated rings. The van der Waals surface area contributed by atoms with Gasteiger partial charge in [0.05, 0.1) is 5.69 Å². The van der Waals surface area contributed by atoms with Crippen molar-refractivity contribution >= 4 is 11.7 Å². The number of carbonyl (C=O) groups is 1. The first-order valence-electron chi connectivity index (χ1n) is 6.53. The van der Waals surface area contributed by atoms with Crippen molar-refractivity contribution in [3.8, 4) is 5.75 Å². The number of phenolic OH excluding ortho intramolecular Hbond substituents is 1. The van der Waals surface area contributed by atoms with Gasteiger partial charge in [-0.15, -0.1) is 0 Å². The van der Waals surface area contributed by atoms with Crippen LogP contribution in [0, 0.1) is 6.92 Å². The first-order valence-corrected chi connectivity index (χ1v) is 6.53. The van der Waals surface area contributed by atoms with E-state index in [4.69, 9.17) is 0 Å². The van der Waals surface area contributed by atoms with Crippen LogP contribution in [0.3, 0.4) is 0 Å². The van der Waals surface area contributed by atoms with Crippen molar-refractivity contribution in [3.63, 3.8) is 0 Å². The van der Waals surface area contributed by atoms with Crippen LogP contribution in [-0.4, -0.2) is 17.7 Å². The monoisotopic (exact) mass is 270 g/mol. The third-order valence-corrected chi connectivity index (χ3v) is 2.94. The number of urea groups is 1. The molecular weight excluding hydrogens is 252 g/mol. The fourth-order valence-corrected chi connectivity index (χ4v) is 1.88. The minimum atomic E-state index is -0.318. The molecule has 0 aliphatic heterocycles. The quantitative estimate of drug-likeness (QED) is 0.748. The van der Waals surface area contributed by atoms with E-state index in [0.29, 0.717) is 12.2 Å². The zero-order chi connectivity index (χ0) is 14.4. The summed E-state index contributed by atoms with van der Waals surface area (Å²) in [6, 6.07) is 14.7. The molecule has 2 aromatic carbocycles. The molecule has 2 amide bonds. The molecule has 0 bridgehead atoms. The normalized spacial score (nSPS) is 10.1. The summed E-state index contributed by atoms with van der Waals surface area (Å²) >= 11 is 0. The SMILES string of the molecule is Cc1ccc(O)c(NC(=O)NCCc2ccccc2)c1. The average molecular weight is 270 g/mol. The lowest BCUT2D eigenvalue weighted by molar-refractivity contribution is 0.252. The Bertz CT molecular complexity index is 582. The van der Waals surface area contributed by atoms with Crippen molar-refractivity contribution in [1.82, 2.24) is 5.32 Å². The van der Waals surface area contributed by atoms with Crippen LogP contribution in [0.15, 0.2) is 48.5 Å². The maximum Gasteiger partial charge on any atom is 0.319 e. The summed E-state index contributed by atoms with van der Waals surface area (Å²) in [5, 5.41) is 15.0. The Balaban J connectivity index is 1.82. The Kier molecular flexibility index (Phi) is 4.60. The lowest BCUT2D eigenvalue weighted by Gasteiger charge is -2.09. The second-order valence-corrected chi connectivity index (χ2v) is 4.64. The van der Waals surface area contributed by atoms with Crippen LogP contribution in [-0.2, 0) is 6.42 Å². The summed E-state index contributed by atoms with van der Waals surface area (Å²) in [5.41, 5.74) is 2.57. The van der Waals surface area contributed by atoms with E-state index in [2.05, 4.69) is 10.6 Å². The molecule has 0 aromatic heterocycles. The second kappa shape index (κ2) is 6.61. The van der Waals surface area contributed by atoms with Gasteiger partial charge in [0.15, 0.2) is 0 Å². The number of hydrogen-bond acceptors (Lipinski definition) is 2. The van der Waals surface area contributed by atoms with E-state index in [-0.39, 0.29) is 11.8 Å². The molecule has 0 radical (unpaired) electrons. The number of amides is 2. The van der Waals surface area contributed by atoms with Gasteiger partial charge in [-0.1, -0.05) is 36.4 Å². The number of nitrogens with one attached hydrogen (secondary N) is 2. The van der Waals surface area contributed by atoms with Crippen LogP contribution in [0.1, 0.15) is 11.1 Å². The van der Waals surface area contributed by atoms with E-state index < -0.39 is 0 Å². The summed E-state index contributed by atoms with van der Waals surface area (Å²) in [5.74, 6) is 0.0637. The molecule has 0 unspecified atom stereocenters. The molecule has 0 atom stereocenters. The molecule has 0 heterocycles. The van der Waals surface area contributed by atoms with Crippen LogP contribution >= 0.6 is 0 Å². The van der Waals surface area contributed by atoms with Crippen molar-refractivity contribution in [3.05, 3.63) is 59.7 Å². The fraction of sp³-hybridized carbons (Fsp3) is 0.188. The van der Waals surface area contributed by atoms with Crippen molar-refractivity contribution < 1.29 is 9.90 Å². The molecule has 3 N–H and O–H groups in total. The van der Waals surface area contributed by atoms with Crippen LogP contribution in [0.5, 0.6) is 5.75 Å². The number of aryl methyl sites for hydroxylation is 1. The maximum absolute atomic E-state index is 11.7. The van der Waals surface area contributed by atoms with Crippen LogP contribution in [0.2, 0.25) is 0 Å². The van der Waals surface area contributed by atoms with Gasteiger partial charge in [0.1, 0.15) is 5.75 Å². The van der Waals surface area contributed by atoms with Crippen molar-refractivity contribution in [2.45, 2.75) is 13.3 Å². The average Bonchev–Trinajstić information content (AvgIpc) is 2.44. The zero-order valence-corrected chi connectivity index (χ0v) is 11.4.